The summed E-state index contributed by atoms with van der Waals surface area (Å²) in [6.45, 7) is 1.93. The summed E-state index contributed by atoms with van der Waals surface area (Å²) < 4.78 is 20.5. The average molecular weight is 400 g/mol. The molecule has 0 unspecified atom stereocenters. The minimum atomic E-state index is -0.284. The van der Waals surface area contributed by atoms with Crippen molar-refractivity contribution in [3.63, 3.8) is 0 Å². The van der Waals surface area contributed by atoms with E-state index in [1.807, 2.05) is 37.3 Å². The summed E-state index contributed by atoms with van der Waals surface area (Å²) in [4.78, 5) is 4.29. The lowest BCUT2D eigenvalue weighted by atomic mass is 10.2. The lowest BCUT2D eigenvalue weighted by Gasteiger charge is -2.03. The summed E-state index contributed by atoms with van der Waals surface area (Å²) >= 11 is 7.99. The van der Waals surface area contributed by atoms with Crippen molar-refractivity contribution in [2.45, 2.75) is 17.9 Å². The fourth-order valence-electron chi connectivity index (χ4n) is 2.64. The van der Waals surface area contributed by atoms with Crippen LogP contribution in [0.5, 0.6) is 0 Å². The number of aromatic nitrogens is 3. The van der Waals surface area contributed by atoms with Crippen molar-refractivity contribution in [3.05, 3.63) is 83.0 Å². The van der Waals surface area contributed by atoms with Gasteiger partial charge in [-0.3, -0.25) is 0 Å². The molecule has 0 aliphatic rings. The van der Waals surface area contributed by atoms with Gasteiger partial charge in [-0.25, -0.2) is 14.1 Å². The molecule has 2 aromatic heterocycles. The Balaban J connectivity index is 1.51. The van der Waals surface area contributed by atoms with E-state index in [-0.39, 0.29) is 5.82 Å². The zero-order valence-electron chi connectivity index (χ0n) is 14.4. The van der Waals surface area contributed by atoms with Crippen LogP contribution in [-0.2, 0) is 5.75 Å². The normalized spacial score (nSPS) is 11.1. The number of benzene rings is 2. The fourth-order valence-corrected chi connectivity index (χ4v) is 3.95. The smallest absolute Gasteiger partial charge is 0.256 e. The molecule has 0 fully saturated rings. The molecule has 136 valence electrons. The van der Waals surface area contributed by atoms with E-state index in [4.69, 9.17) is 16.0 Å². The van der Waals surface area contributed by atoms with Gasteiger partial charge in [0.2, 0.25) is 0 Å². The summed E-state index contributed by atoms with van der Waals surface area (Å²) in [6.07, 6.45) is 1.64. The molecule has 7 heteroatoms. The Labute approximate surface area is 165 Å². The van der Waals surface area contributed by atoms with Gasteiger partial charge in [0.1, 0.15) is 11.0 Å². The van der Waals surface area contributed by atoms with Gasteiger partial charge >= 0.3 is 0 Å². The van der Waals surface area contributed by atoms with Gasteiger partial charge in [-0.15, -0.1) is 0 Å². The van der Waals surface area contributed by atoms with E-state index in [0.29, 0.717) is 21.9 Å². The Bertz CT molecular complexity index is 1060. The van der Waals surface area contributed by atoms with E-state index in [2.05, 4.69) is 10.1 Å². The second kappa shape index (κ2) is 7.58. The third-order valence-electron chi connectivity index (χ3n) is 4.08. The standard InChI is InChI=1S/C20H15ClFN3OS/c1-13-17(19(21)25(24-13)16-5-3-2-4-6-16)12-27-20-23-11-18(26-20)14-7-9-15(22)10-8-14/h2-11H,12H2,1H3. The van der Waals surface area contributed by atoms with Crippen LogP contribution in [0.25, 0.3) is 17.0 Å². The molecule has 0 atom stereocenters. The number of halogens is 2. The molecule has 0 bridgehead atoms. The number of hydrogen-bond donors (Lipinski definition) is 0. The predicted octanol–water partition coefficient (Wildman–Crippen LogP) is 5.92. The highest BCUT2D eigenvalue weighted by atomic mass is 35.5. The van der Waals surface area contributed by atoms with Gasteiger partial charge in [0.05, 0.1) is 17.6 Å². The highest BCUT2D eigenvalue weighted by Crippen LogP contribution is 2.32. The predicted molar refractivity (Wildman–Crippen MR) is 105 cm³/mol. The molecule has 0 aliphatic carbocycles. The first-order chi connectivity index (χ1) is 13.1. The van der Waals surface area contributed by atoms with Crippen molar-refractivity contribution in [1.82, 2.24) is 14.8 Å². The topological polar surface area (TPSA) is 43.9 Å². The van der Waals surface area contributed by atoms with Crippen molar-refractivity contribution in [2.24, 2.45) is 0 Å². The van der Waals surface area contributed by atoms with E-state index in [1.54, 1.807) is 23.0 Å². The molecule has 2 aromatic carbocycles. The summed E-state index contributed by atoms with van der Waals surface area (Å²) in [7, 11) is 0. The van der Waals surface area contributed by atoms with E-state index in [1.165, 1.54) is 23.9 Å². The highest BCUT2D eigenvalue weighted by molar-refractivity contribution is 7.98. The van der Waals surface area contributed by atoms with Crippen molar-refractivity contribution in [2.75, 3.05) is 0 Å². The van der Waals surface area contributed by atoms with Gasteiger partial charge in [0.15, 0.2) is 5.76 Å². The molecule has 0 spiro atoms. The molecule has 27 heavy (non-hydrogen) atoms. The molecule has 0 radical (unpaired) electrons. The van der Waals surface area contributed by atoms with Crippen LogP contribution in [-0.4, -0.2) is 14.8 Å². The molecule has 0 aliphatic heterocycles. The Morgan fingerprint density at radius 3 is 2.59 bits per heavy atom. The van der Waals surface area contributed by atoms with Gasteiger partial charge in [-0.05, 0) is 43.3 Å². The van der Waals surface area contributed by atoms with Crippen LogP contribution in [0.15, 0.2) is 70.4 Å². The summed E-state index contributed by atoms with van der Waals surface area (Å²) in [5.41, 5.74) is 3.49. The summed E-state index contributed by atoms with van der Waals surface area (Å²) in [5.74, 6) is 0.898. The van der Waals surface area contributed by atoms with E-state index in [0.717, 1.165) is 22.5 Å². The molecular weight excluding hydrogens is 385 g/mol. The van der Waals surface area contributed by atoms with Crippen LogP contribution < -0.4 is 0 Å². The number of aryl methyl sites for hydroxylation is 1. The van der Waals surface area contributed by atoms with Crippen molar-refractivity contribution < 1.29 is 8.81 Å². The number of thioether (sulfide) groups is 1. The number of hydrogen-bond acceptors (Lipinski definition) is 4. The third-order valence-corrected chi connectivity index (χ3v) is 5.33. The van der Waals surface area contributed by atoms with E-state index >= 15 is 0 Å². The Hall–Kier alpha value is -2.57. The number of para-hydroxylation sites is 1. The minimum absolute atomic E-state index is 0.284. The lowest BCUT2D eigenvalue weighted by molar-refractivity contribution is 0.466. The van der Waals surface area contributed by atoms with Crippen LogP contribution >= 0.6 is 23.4 Å². The molecule has 0 saturated carbocycles. The third kappa shape index (κ3) is 3.77. The second-order valence-corrected chi connectivity index (χ2v) is 7.17. The van der Waals surface area contributed by atoms with E-state index < -0.39 is 0 Å². The Morgan fingerprint density at radius 2 is 1.85 bits per heavy atom. The van der Waals surface area contributed by atoms with E-state index in [9.17, 15) is 4.39 Å². The molecule has 4 rings (SSSR count). The van der Waals surface area contributed by atoms with Crippen molar-refractivity contribution in [1.29, 1.82) is 0 Å². The van der Waals surface area contributed by atoms with Crippen LogP contribution in [0, 0.1) is 12.7 Å². The number of nitrogens with zero attached hydrogens (tertiary/aromatic N) is 3. The monoisotopic (exact) mass is 399 g/mol. The molecule has 0 saturated heterocycles. The van der Waals surface area contributed by atoms with Crippen molar-refractivity contribution >= 4 is 23.4 Å². The lowest BCUT2D eigenvalue weighted by Crippen LogP contribution is -1.95. The van der Waals surface area contributed by atoms with Crippen LogP contribution in [0.1, 0.15) is 11.3 Å². The van der Waals surface area contributed by atoms with Crippen LogP contribution in [0.3, 0.4) is 0 Å². The first-order valence-corrected chi connectivity index (χ1v) is 9.62. The van der Waals surface area contributed by atoms with Gasteiger partial charge in [-0.2, -0.15) is 5.10 Å². The van der Waals surface area contributed by atoms with Gasteiger partial charge in [0, 0.05) is 16.9 Å². The summed E-state index contributed by atoms with van der Waals surface area (Å²) in [5, 5.41) is 5.64. The molecule has 4 nitrogen and oxygen atoms in total. The second-order valence-electron chi connectivity index (χ2n) is 5.89. The van der Waals surface area contributed by atoms with Gasteiger partial charge < -0.3 is 4.42 Å². The molecular formula is C20H15ClFN3OS. The quantitative estimate of drug-likeness (QED) is 0.391. The zero-order chi connectivity index (χ0) is 18.8. The first-order valence-electron chi connectivity index (χ1n) is 8.26. The van der Waals surface area contributed by atoms with Crippen LogP contribution in [0.4, 0.5) is 4.39 Å². The first kappa shape index (κ1) is 17.8. The summed E-state index contributed by atoms with van der Waals surface area (Å²) in [6, 6.07) is 15.9. The van der Waals surface area contributed by atoms with Crippen LogP contribution in [0.2, 0.25) is 5.15 Å². The fraction of sp³-hybridized carbons (Fsp3) is 0.100. The largest absolute Gasteiger partial charge is 0.431 e. The molecule has 0 amide bonds. The van der Waals surface area contributed by atoms with Gasteiger partial charge in [-0.1, -0.05) is 41.6 Å². The highest BCUT2D eigenvalue weighted by Gasteiger charge is 2.16. The number of rotatable bonds is 5. The Morgan fingerprint density at radius 1 is 1.11 bits per heavy atom. The maximum atomic E-state index is 13.0. The minimum Gasteiger partial charge on any atom is -0.431 e. The maximum Gasteiger partial charge on any atom is 0.256 e. The SMILES string of the molecule is Cc1nn(-c2ccccc2)c(Cl)c1CSc1ncc(-c2ccc(F)cc2)o1. The molecule has 0 N–H and O–H groups in total. The number of oxazole rings is 1. The Kier molecular flexibility index (Phi) is 5.01. The molecule has 4 aromatic rings. The molecule has 2 heterocycles. The average Bonchev–Trinajstić information content (AvgIpc) is 3.26. The zero-order valence-corrected chi connectivity index (χ0v) is 16.0. The van der Waals surface area contributed by atoms with Crippen molar-refractivity contribution in [3.8, 4) is 17.0 Å². The van der Waals surface area contributed by atoms with Gasteiger partial charge in [0.25, 0.3) is 5.22 Å². The maximum absolute atomic E-state index is 13.0.